The number of hydrogen-bond donors (Lipinski definition) is 0. The predicted molar refractivity (Wildman–Crippen MR) is 119 cm³/mol. The van der Waals surface area contributed by atoms with Crippen LogP contribution in [0.4, 0.5) is 0 Å². The lowest BCUT2D eigenvalue weighted by molar-refractivity contribution is 1.02. The molecule has 3 aromatic rings. The molecule has 2 aromatic carbocycles. The van der Waals surface area contributed by atoms with Crippen LogP contribution < -0.4 is 0 Å². The van der Waals surface area contributed by atoms with Crippen molar-refractivity contribution in [2.24, 2.45) is 0 Å². The molecule has 0 atom stereocenters. The van der Waals surface area contributed by atoms with Gasteiger partial charge in [0.15, 0.2) is 11.6 Å². The van der Waals surface area contributed by atoms with Crippen LogP contribution in [0.3, 0.4) is 0 Å². The highest BCUT2D eigenvalue weighted by Crippen LogP contribution is 2.51. The van der Waals surface area contributed by atoms with E-state index in [-0.39, 0.29) is 17.0 Å². The molecule has 0 amide bonds. The standard InChI is InChI=1S/C19H11Cl6N3/c20-18(21,22)14(12-7-3-1-4-8-12)15(19(23,24)25)17-27-11-26-16(28-17)13-9-5-2-6-10-13/h1-11H. The molecule has 28 heavy (non-hydrogen) atoms. The van der Waals surface area contributed by atoms with Gasteiger partial charge in [-0.15, -0.1) is 0 Å². The van der Waals surface area contributed by atoms with Crippen molar-refractivity contribution < 1.29 is 0 Å². The molecule has 0 aliphatic heterocycles. The van der Waals surface area contributed by atoms with Gasteiger partial charge in [-0.3, -0.25) is 0 Å². The van der Waals surface area contributed by atoms with Crippen LogP contribution in [-0.4, -0.2) is 22.5 Å². The maximum absolute atomic E-state index is 6.28. The first-order chi connectivity index (χ1) is 13.2. The number of allylic oxidation sites excluding steroid dienone is 2. The van der Waals surface area contributed by atoms with Crippen LogP contribution in [0.2, 0.25) is 0 Å². The van der Waals surface area contributed by atoms with Gasteiger partial charge in [-0.2, -0.15) is 0 Å². The molecule has 0 fully saturated rings. The number of nitrogens with zero attached hydrogens (tertiary/aromatic N) is 3. The van der Waals surface area contributed by atoms with Gasteiger partial charge in [-0.05, 0) is 5.56 Å². The van der Waals surface area contributed by atoms with Gasteiger partial charge in [0.2, 0.25) is 7.59 Å². The number of aromatic nitrogens is 3. The summed E-state index contributed by atoms with van der Waals surface area (Å²) in [5, 5.41) is 0. The molecule has 1 heterocycles. The second-order valence-electron chi connectivity index (χ2n) is 5.61. The minimum absolute atomic E-state index is 0.0586. The number of rotatable bonds is 3. The van der Waals surface area contributed by atoms with Gasteiger partial charge >= 0.3 is 0 Å². The van der Waals surface area contributed by atoms with E-state index in [1.54, 1.807) is 24.3 Å². The highest BCUT2D eigenvalue weighted by atomic mass is 35.6. The summed E-state index contributed by atoms with van der Waals surface area (Å²) in [6.07, 6.45) is 1.32. The fourth-order valence-corrected chi connectivity index (χ4v) is 3.73. The van der Waals surface area contributed by atoms with Crippen molar-refractivity contribution in [1.82, 2.24) is 15.0 Å². The SMILES string of the molecule is ClC(Cl)(Cl)C(=C(c1ncnc(-c2ccccc2)n1)C(Cl)(Cl)Cl)c1ccccc1. The third kappa shape index (κ3) is 5.10. The van der Waals surface area contributed by atoms with Gasteiger partial charge in [0, 0.05) is 11.1 Å². The van der Waals surface area contributed by atoms with E-state index in [0.717, 1.165) is 5.56 Å². The largest absolute Gasteiger partial charge is 0.220 e. The molecule has 3 nitrogen and oxygen atoms in total. The van der Waals surface area contributed by atoms with Crippen LogP contribution in [0.15, 0.2) is 67.0 Å². The average molecular weight is 494 g/mol. The van der Waals surface area contributed by atoms with E-state index in [0.29, 0.717) is 11.4 Å². The molecule has 0 aliphatic carbocycles. The Morgan fingerprint density at radius 3 is 1.71 bits per heavy atom. The molecule has 0 spiro atoms. The number of hydrogen-bond acceptors (Lipinski definition) is 3. The number of halogens is 6. The molecule has 0 saturated heterocycles. The molecule has 0 aliphatic rings. The van der Waals surface area contributed by atoms with Gasteiger partial charge in [0.25, 0.3) is 0 Å². The Balaban J connectivity index is 2.30. The van der Waals surface area contributed by atoms with Gasteiger partial charge in [-0.25, -0.2) is 15.0 Å². The molecular formula is C19H11Cl6N3. The van der Waals surface area contributed by atoms with E-state index in [1.165, 1.54) is 6.33 Å². The second-order valence-corrected chi connectivity index (χ2v) is 10.2. The summed E-state index contributed by atoms with van der Waals surface area (Å²) < 4.78 is -3.87. The molecule has 9 heteroatoms. The van der Waals surface area contributed by atoms with Gasteiger partial charge < -0.3 is 0 Å². The van der Waals surface area contributed by atoms with E-state index in [4.69, 9.17) is 69.6 Å². The van der Waals surface area contributed by atoms with Crippen LogP contribution in [0.1, 0.15) is 11.4 Å². The highest BCUT2D eigenvalue weighted by Gasteiger charge is 2.40. The topological polar surface area (TPSA) is 38.7 Å². The van der Waals surface area contributed by atoms with Crippen molar-refractivity contribution >= 4 is 80.8 Å². The molecule has 3 rings (SSSR count). The molecule has 0 unspecified atom stereocenters. The lowest BCUT2D eigenvalue weighted by atomic mass is 10.0. The van der Waals surface area contributed by atoms with E-state index in [9.17, 15) is 0 Å². The summed E-state index contributed by atoms with van der Waals surface area (Å²) in [5.41, 5.74) is 1.56. The minimum Gasteiger partial charge on any atom is -0.217 e. The number of benzene rings is 2. The molecule has 0 N–H and O–H groups in total. The minimum atomic E-state index is -1.97. The summed E-state index contributed by atoms with van der Waals surface area (Å²) >= 11 is 37.6. The molecule has 144 valence electrons. The Morgan fingerprint density at radius 1 is 0.643 bits per heavy atom. The lowest BCUT2D eigenvalue weighted by Crippen LogP contribution is -2.18. The quantitative estimate of drug-likeness (QED) is 0.362. The van der Waals surface area contributed by atoms with Crippen molar-refractivity contribution in [3.8, 4) is 11.4 Å². The molecule has 1 aromatic heterocycles. The van der Waals surface area contributed by atoms with Crippen LogP contribution in [-0.2, 0) is 0 Å². The second kappa shape index (κ2) is 8.74. The van der Waals surface area contributed by atoms with Crippen molar-refractivity contribution in [2.75, 3.05) is 0 Å². The molecular weight excluding hydrogens is 483 g/mol. The zero-order chi connectivity index (χ0) is 20.4. The van der Waals surface area contributed by atoms with Crippen molar-refractivity contribution in [2.45, 2.75) is 7.59 Å². The molecule has 0 bridgehead atoms. The van der Waals surface area contributed by atoms with Crippen LogP contribution in [0.25, 0.3) is 22.5 Å². The number of alkyl halides is 6. The Bertz CT molecular complexity index is 980. The normalized spacial score (nSPS) is 13.2. The summed E-state index contributed by atoms with van der Waals surface area (Å²) in [6, 6.07) is 18.2. The van der Waals surface area contributed by atoms with Crippen molar-refractivity contribution in [3.63, 3.8) is 0 Å². The lowest BCUT2D eigenvalue weighted by Gasteiger charge is -2.25. The van der Waals surface area contributed by atoms with Crippen LogP contribution >= 0.6 is 69.6 Å². The Morgan fingerprint density at radius 2 is 1.18 bits per heavy atom. The monoisotopic (exact) mass is 491 g/mol. The van der Waals surface area contributed by atoms with Crippen LogP contribution in [0, 0.1) is 0 Å². The Kier molecular flexibility index (Phi) is 6.76. The van der Waals surface area contributed by atoms with Crippen LogP contribution in [0.5, 0.6) is 0 Å². The fraction of sp³-hybridized carbons (Fsp3) is 0.105. The van der Waals surface area contributed by atoms with Crippen molar-refractivity contribution in [1.29, 1.82) is 0 Å². The smallest absolute Gasteiger partial charge is 0.217 e. The van der Waals surface area contributed by atoms with E-state index < -0.39 is 7.59 Å². The van der Waals surface area contributed by atoms with E-state index >= 15 is 0 Å². The summed E-state index contributed by atoms with van der Waals surface area (Å²) in [7, 11) is 0. The van der Waals surface area contributed by atoms with Gasteiger partial charge in [0.05, 0.1) is 5.57 Å². The zero-order valence-electron chi connectivity index (χ0n) is 14.0. The summed E-state index contributed by atoms with van der Waals surface area (Å²) in [5.74, 6) is 0.494. The maximum atomic E-state index is 6.28. The first-order valence-corrected chi connectivity index (χ1v) is 10.1. The maximum Gasteiger partial charge on any atom is 0.220 e. The predicted octanol–water partition coefficient (Wildman–Crippen LogP) is 7.19. The van der Waals surface area contributed by atoms with E-state index in [1.807, 2.05) is 36.4 Å². The average Bonchev–Trinajstić information content (AvgIpc) is 2.65. The fourth-order valence-electron chi connectivity index (χ4n) is 2.58. The first-order valence-electron chi connectivity index (χ1n) is 7.87. The summed E-state index contributed by atoms with van der Waals surface area (Å²) in [6.45, 7) is 0. The summed E-state index contributed by atoms with van der Waals surface area (Å²) in [4.78, 5) is 12.8. The zero-order valence-corrected chi connectivity index (χ0v) is 18.5. The van der Waals surface area contributed by atoms with E-state index in [2.05, 4.69) is 15.0 Å². The van der Waals surface area contributed by atoms with Gasteiger partial charge in [0.1, 0.15) is 6.33 Å². The Hall–Kier alpha value is -1.07. The third-order valence-corrected chi connectivity index (χ3v) is 4.84. The Labute approximate surface area is 192 Å². The molecule has 0 radical (unpaired) electrons. The van der Waals surface area contributed by atoms with Crippen molar-refractivity contribution in [3.05, 3.63) is 78.4 Å². The third-order valence-electron chi connectivity index (χ3n) is 3.71. The van der Waals surface area contributed by atoms with Gasteiger partial charge in [-0.1, -0.05) is 130 Å². The first kappa shape index (κ1) is 21.6. The molecule has 0 saturated carbocycles. The highest BCUT2D eigenvalue weighted by molar-refractivity contribution is 6.77.